The molecule has 0 atom stereocenters. The molecule has 0 aliphatic carbocycles. The quantitative estimate of drug-likeness (QED) is 0.398. The molecule has 168 valence electrons. The van der Waals surface area contributed by atoms with E-state index < -0.39 is 0 Å². The molecule has 3 aromatic rings. The molecule has 4 rings (SSSR count). The second-order valence-electron chi connectivity index (χ2n) is 8.44. The van der Waals surface area contributed by atoms with Crippen LogP contribution in [0.4, 0.5) is 0 Å². The van der Waals surface area contributed by atoms with Gasteiger partial charge in [-0.1, -0.05) is 36.8 Å². The Bertz CT molecular complexity index is 1180. The highest BCUT2D eigenvalue weighted by Crippen LogP contribution is 2.37. The van der Waals surface area contributed by atoms with Gasteiger partial charge in [-0.2, -0.15) is 0 Å². The van der Waals surface area contributed by atoms with Gasteiger partial charge in [0, 0.05) is 31.0 Å². The molecule has 1 aromatic heterocycles. The maximum atomic E-state index is 12.1. The summed E-state index contributed by atoms with van der Waals surface area (Å²) in [6, 6.07) is 11.9. The third-order valence-corrected chi connectivity index (χ3v) is 5.73. The Hall–Kier alpha value is -3.12. The molecular weight excluding hydrogens is 406 g/mol. The first kappa shape index (κ1) is 22.1. The summed E-state index contributed by atoms with van der Waals surface area (Å²) in [5, 5.41) is 0.876. The lowest BCUT2D eigenvalue weighted by atomic mass is 9.97. The van der Waals surface area contributed by atoms with Crippen molar-refractivity contribution < 1.29 is 18.7 Å². The Kier molecular flexibility index (Phi) is 6.61. The SMILES string of the molecule is CCCOC(=O)CCc1cc2c(C)cc(=O)oc2c2c1OCN(Cc1ccc(C)cc1)C2. The minimum atomic E-state index is -0.372. The highest BCUT2D eigenvalue weighted by atomic mass is 16.5. The van der Waals surface area contributed by atoms with Crippen molar-refractivity contribution in [2.24, 2.45) is 0 Å². The Labute approximate surface area is 187 Å². The number of rotatable bonds is 7. The van der Waals surface area contributed by atoms with Gasteiger partial charge in [0.15, 0.2) is 0 Å². The summed E-state index contributed by atoms with van der Waals surface area (Å²) in [5.41, 5.74) is 5.26. The molecule has 0 N–H and O–H groups in total. The topological polar surface area (TPSA) is 69.0 Å². The lowest BCUT2D eigenvalue weighted by Gasteiger charge is -2.31. The van der Waals surface area contributed by atoms with E-state index in [1.807, 2.05) is 19.9 Å². The van der Waals surface area contributed by atoms with Gasteiger partial charge >= 0.3 is 11.6 Å². The van der Waals surface area contributed by atoms with Gasteiger partial charge in [-0.25, -0.2) is 4.79 Å². The van der Waals surface area contributed by atoms with Gasteiger partial charge in [0.2, 0.25) is 0 Å². The van der Waals surface area contributed by atoms with E-state index in [4.69, 9.17) is 13.9 Å². The average molecular weight is 436 g/mol. The van der Waals surface area contributed by atoms with E-state index in [0.29, 0.717) is 31.9 Å². The van der Waals surface area contributed by atoms with Crippen molar-refractivity contribution in [1.82, 2.24) is 4.90 Å². The smallest absolute Gasteiger partial charge is 0.336 e. The van der Waals surface area contributed by atoms with Crippen molar-refractivity contribution in [1.29, 1.82) is 0 Å². The third kappa shape index (κ3) is 4.86. The monoisotopic (exact) mass is 435 g/mol. The first-order valence-corrected chi connectivity index (χ1v) is 11.1. The molecule has 0 saturated carbocycles. The summed E-state index contributed by atoms with van der Waals surface area (Å²) in [6.07, 6.45) is 1.59. The van der Waals surface area contributed by atoms with Crippen LogP contribution in [-0.4, -0.2) is 24.2 Å². The molecule has 2 heterocycles. The highest BCUT2D eigenvalue weighted by molar-refractivity contribution is 5.86. The van der Waals surface area contributed by atoms with Crippen molar-refractivity contribution in [2.45, 2.75) is 53.1 Å². The van der Waals surface area contributed by atoms with Crippen LogP contribution < -0.4 is 10.4 Å². The van der Waals surface area contributed by atoms with Gasteiger partial charge < -0.3 is 13.9 Å². The summed E-state index contributed by atoms with van der Waals surface area (Å²) in [5.74, 6) is 0.503. The molecular formula is C26H29NO5. The van der Waals surface area contributed by atoms with Crippen LogP contribution in [0.2, 0.25) is 0 Å². The highest BCUT2D eigenvalue weighted by Gasteiger charge is 2.25. The number of ether oxygens (including phenoxy) is 2. The fourth-order valence-corrected chi connectivity index (χ4v) is 4.07. The fourth-order valence-electron chi connectivity index (χ4n) is 4.07. The predicted octanol–water partition coefficient (Wildman–Crippen LogP) is 4.65. The van der Waals surface area contributed by atoms with E-state index in [-0.39, 0.29) is 18.0 Å². The molecule has 0 fully saturated rings. The summed E-state index contributed by atoms with van der Waals surface area (Å²) in [4.78, 5) is 26.4. The van der Waals surface area contributed by atoms with Crippen LogP contribution in [0.15, 0.2) is 45.6 Å². The minimum Gasteiger partial charge on any atom is -0.477 e. The second-order valence-corrected chi connectivity index (χ2v) is 8.44. The zero-order valence-electron chi connectivity index (χ0n) is 18.9. The van der Waals surface area contributed by atoms with Crippen LogP contribution >= 0.6 is 0 Å². The largest absolute Gasteiger partial charge is 0.477 e. The molecule has 0 spiro atoms. The maximum Gasteiger partial charge on any atom is 0.336 e. The first-order chi connectivity index (χ1) is 15.4. The molecule has 32 heavy (non-hydrogen) atoms. The van der Waals surface area contributed by atoms with E-state index in [0.717, 1.165) is 40.8 Å². The molecule has 0 bridgehead atoms. The van der Waals surface area contributed by atoms with Crippen LogP contribution in [0.25, 0.3) is 11.0 Å². The number of esters is 1. The number of carbonyl (C=O) groups excluding carboxylic acids is 1. The number of aryl methyl sites for hydroxylation is 3. The van der Waals surface area contributed by atoms with Crippen LogP contribution in [0.5, 0.6) is 5.75 Å². The molecule has 0 radical (unpaired) electrons. The van der Waals surface area contributed by atoms with Crippen molar-refractivity contribution in [2.75, 3.05) is 13.3 Å². The third-order valence-electron chi connectivity index (χ3n) is 5.73. The standard InChI is InChI=1S/C26H29NO5/c1-4-11-30-23(28)10-9-20-13-21-18(3)12-24(29)32-26(21)22-15-27(16-31-25(20)22)14-19-7-5-17(2)6-8-19/h5-8,12-13H,4,9-11,14-16H2,1-3H3. The summed E-state index contributed by atoms with van der Waals surface area (Å²) < 4.78 is 17.0. The van der Waals surface area contributed by atoms with Gasteiger partial charge in [-0.05, 0) is 49.4 Å². The van der Waals surface area contributed by atoms with Crippen LogP contribution in [0.1, 0.15) is 47.6 Å². The molecule has 6 heteroatoms. The lowest BCUT2D eigenvalue weighted by molar-refractivity contribution is -0.143. The number of hydrogen-bond donors (Lipinski definition) is 0. The summed E-state index contributed by atoms with van der Waals surface area (Å²) in [6.45, 7) is 8.13. The predicted molar refractivity (Wildman–Crippen MR) is 123 cm³/mol. The van der Waals surface area contributed by atoms with Crippen molar-refractivity contribution in [3.63, 3.8) is 0 Å². The second kappa shape index (κ2) is 9.57. The van der Waals surface area contributed by atoms with Crippen molar-refractivity contribution in [3.05, 3.63) is 74.6 Å². The van der Waals surface area contributed by atoms with Gasteiger partial charge in [-0.3, -0.25) is 9.69 Å². The van der Waals surface area contributed by atoms with E-state index >= 15 is 0 Å². The molecule has 1 aliphatic rings. The number of fused-ring (bicyclic) bond motifs is 3. The van der Waals surface area contributed by atoms with E-state index in [1.54, 1.807) is 0 Å². The number of carbonyl (C=O) groups is 1. The zero-order chi connectivity index (χ0) is 22.7. The van der Waals surface area contributed by atoms with Gasteiger partial charge in [0.25, 0.3) is 0 Å². The van der Waals surface area contributed by atoms with Gasteiger partial charge in [0.1, 0.15) is 18.1 Å². The lowest BCUT2D eigenvalue weighted by Crippen LogP contribution is -2.32. The van der Waals surface area contributed by atoms with Crippen LogP contribution in [0.3, 0.4) is 0 Å². The van der Waals surface area contributed by atoms with E-state index in [2.05, 4.69) is 36.1 Å². The molecule has 0 saturated heterocycles. The van der Waals surface area contributed by atoms with E-state index in [1.165, 1.54) is 17.2 Å². The molecule has 0 amide bonds. The van der Waals surface area contributed by atoms with Gasteiger partial charge in [-0.15, -0.1) is 0 Å². The van der Waals surface area contributed by atoms with Crippen LogP contribution in [0, 0.1) is 13.8 Å². The molecule has 1 aliphatic heterocycles. The first-order valence-electron chi connectivity index (χ1n) is 11.1. The van der Waals surface area contributed by atoms with Crippen molar-refractivity contribution >= 4 is 16.9 Å². The summed E-state index contributed by atoms with van der Waals surface area (Å²) in [7, 11) is 0. The minimum absolute atomic E-state index is 0.214. The average Bonchev–Trinajstić information content (AvgIpc) is 2.78. The zero-order valence-corrected chi connectivity index (χ0v) is 18.9. The maximum absolute atomic E-state index is 12.1. The van der Waals surface area contributed by atoms with E-state index in [9.17, 15) is 9.59 Å². The molecule has 6 nitrogen and oxygen atoms in total. The Morgan fingerprint density at radius 2 is 1.94 bits per heavy atom. The summed E-state index contributed by atoms with van der Waals surface area (Å²) >= 11 is 0. The van der Waals surface area contributed by atoms with Crippen LogP contribution in [-0.2, 0) is 29.0 Å². The molecule has 2 aromatic carbocycles. The number of hydrogen-bond acceptors (Lipinski definition) is 6. The molecule has 0 unspecified atom stereocenters. The fraction of sp³-hybridized carbons (Fsp3) is 0.385. The Balaban J connectivity index is 1.66. The van der Waals surface area contributed by atoms with Crippen molar-refractivity contribution in [3.8, 4) is 5.75 Å². The number of benzene rings is 2. The van der Waals surface area contributed by atoms with Gasteiger partial charge in [0.05, 0.1) is 12.2 Å². The normalized spacial score (nSPS) is 13.6. The number of nitrogens with zero attached hydrogens (tertiary/aromatic N) is 1. The Morgan fingerprint density at radius 3 is 2.69 bits per heavy atom. The Morgan fingerprint density at radius 1 is 1.16 bits per heavy atom.